The van der Waals surface area contributed by atoms with Gasteiger partial charge in [-0.3, -0.25) is 9.59 Å². The second kappa shape index (κ2) is 9.09. The van der Waals surface area contributed by atoms with Crippen LogP contribution in [0.5, 0.6) is 0 Å². The van der Waals surface area contributed by atoms with E-state index in [-0.39, 0.29) is 18.4 Å². The lowest BCUT2D eigenvalue weighted by atomic mass is 10.1. The highest BCUT2D eigenvalue weighted by Gasteiger charge is 2.07. The molecular weight excluding hydrogens is 256 g/mol. The highest BCUT2D eigenvalue weighted by Crippen LogP contribution is 2.07. The van der Waals surface area contributed by atoms with Gasteiger partial charge >= 0.3 is 0 Å². The molecule has 0 saturated carbocycles. The molecule has 1 aromatic rings. The van der Waals surface area contributed by atoms with Crippen LogP contribution in [0.25, 0.3) is 0 Å². The fraction of sp³-hybridized carbons (Fsp3) is 0.467. The van der Waals surface area contributed by atoms with E-state index >= 15 is 0 Å². The Kier molecular flexibility index (Phi) is 7.35. The van der Waals surface area contributed by atoms with Gasteiger partial charge in [-0.05, 0) is 24.5 Å². The number of hydrogen-bond acceptors (Lipinski definition) is 3. The number of rotatable bonds is 8. The van der Waals surface area contributed by atoms with E-state index < -0.39 is 0 Å². The van der Waals surface area contributed by atoms with Crippen LogP contribution in [0.2, 0.25) is 0 Å². The molecule has 0 atom stereocenters. The molecule has 1 aromatic carbocycles. The summed E-state index contributed by atoms with van der Waals surface area (Å²) in [6, 6.07) is 7.72. The van der Waals surface area contributed by atoms with Crippen LogP contribution in [0.3, 0.4) is 0 Å². The standard InChI is InChI=1S/C15H22N2O3/c1-12-6-3-4-7-13(12)10-14(18)17-11-15(19)16-8-5-9-20-2/h3-4,6-7H,5,8-11H2,1-2H3,(H,16,19)(H,17,18). The van der Waals surface area contributed by atoms with E-state index in [1.165, 1.54) is 0 Å². The van der Waals surface area contributed by atoms with Crippen LogP contribution in [0.15, 0.2) is 24.3 Å². The Morgan fingerprint density at radius 2 is 1.90 bits per heavy atom. The van der Waals surface area contributed by atoms with Crippen LogP contribution < -0.4 is 10.6 Å². The third-order valence-corrected chi connectivity index (χ3v) is 2.91. The van der Waals surface area contributed by atoms with E-state index in [4.69, 9.17) is 4.74 Å². The lowest BCUT2D eigenvalue weighted by Crippen LogP contribution is -2.38. The summed E-state index contributed by atoms with van der Waals surface area (Å²) in [5, 5.41) is 5.33. The van der Waals surface area contributed by atoms with Crippen molar-refractivity contribution in [1.82, 2.24) is 10.6 Å². The van der Waals surface area contributed by atoms with Crippen molar-refractivity contribution in [2.75, 3.05) is 26.8 Å². The topological polar surface area (TPSA) is 67.4 Å². The quantitative estimate of drug-likeness (QED) is 0.691. The molecular formula is C15H22N2O3. The zero-order valence-electron chi connectivity index (χ0n) is 12.1. The van der Waals surface area contributed by atoms with E-state index in [9.17, 15) is 9.59 Å². The van der Waals surface area contributed by atoms with Crippen molar-refractivity contribution in [2.24, 2.45) is 0 Å². The molecule has 0 aromatic heterocycles. The summed E-state index contributed by atoms with van der Waals surface area (Å²) in [7, 11) is 1.62. The number of methoxy groups -OCH3 is 1. The average molecular weight is 278 g/mol. The maximum absolute atomic E-state index is 11.7. The number of aryl methyl sites for hydroxylation is 1. The molecule has 0 spiro atoms. The van der Waals surface area contributed by atoms with Gasteiger partial charge in [-0.2, -0.15) is 0 Å². The van der Waals surface area contributed by atoms with Crippen molar-refractivity contribution in [3.63, 3.8) is 0 Å². The molecule has 110 valence electrons. The first-order chi connectivity index (χ1) is 9.63. The normalized spacial score (nSPS) is 10.1. The highest BCUT2D eigenvalue weighted by molar-refractivity contribution is 5.85. The second-order valence-electron chi connectivity index (χ2n) is 4.58. The van der Waals surface area contributed by atoms with Crippen molar-refractivity contribution in [2.45, 2.75) is 19.8 Å². The van der Waals surface area contributed by atoms with E-state index in [2.05, 4.69) is 10.6 Å². The molecule has 0 aliphatic rings. The number of nitrogens with one attached hydrogen (secondary N) is 2. The van der Waals surface area contributed by atoms with Crippen molar-refractivity contribution < 1.29 is 14.3 Å². The van der Waals surface area contributed by atoms with Crippen molar-refractivity contribution in [3.8, 4) is 0 Å². The Bertz CT molecular complexity index is 446. The molecule has 0 aliphatic carbocycles. The minimum atomic E-state index is -0.181. The molecule has 5 heteroatoms. The molecule has 0 saturated heterocycles. The summed E-state index contributed by atoms with van der Waals surface area (Å²) >= 11 is 0. The molecule has 1 rings (SSSR count). The predicted octanol–water partition coefficient (Wildman–Crippen LogP) is 0.806. The number of amides is 2. The van der Waals surface area contributed by atoms with Gasteiger partial charge in [-0.15, -0.1) is 0 Å². The molecule has 0 fully saturated rings. The van der Waals surface area contributed by atoms with Crippen molar-refractivity contribution >= 4 is 11.8 Å². The van der Waals surface area contributed by atoms with Gasteiger partial charge < -0.3 is 15.4 Å². The molecule has 0 bridgehead atoms. The summed E-state index contributed by atoms with van der Waals surface area (Å²) < 4.78 is 4.88. The first-order valence-electron chi connectivity index (χ1n) is 6.70. The van der Waals surface area contributed by atoms with Gasteiger partial charge in [0, 0.05) is 20.3 Å². The number of hydrogen-bond donors (Lipinski definition) is 2. The van der Waals surface area contributed by atoms with E-state index in [0.29, 0.717) is 19.6 Å². The Morgan fingerprint density at radius 1 is 1.15 bits per heavy atom. The van der Waals surface area contributed by atoms with Crippen LogP contribution in [0.4, 0.5) is 0 Å². The smallest absolute Gasteiger partial charge is 0.239 e. The lowest BCUT2D eigenvalue weighted by molar-refractivity contribution is -0.125. The highest BCUT2D eigenvalue weighted by atomic mass is 16.5. The van der Waals surface area contributed by atoms with Gasteiger partial charge in [0.15, 0.2) is 0 Å². The molecule has 0 aliphatic heterocycles. The molecule has 2 amide bonds. The third-order valence-electron chi connectivity index (χ3n) is 2.91. The van der Waals surface area contributed by atoms with E-state index in [1.807, 2.05) is 31.2 Å². The summed E-state index contributed by atoms with van der Waals surface area (Å²) in [4.78, 5) is 23.2. The van der Waals surface area contributed by atoms with Crippen LogP contribution >= 0.6 is 0 Å². The monoisotopic (exact) mass is 278 g/mol. The minimum absolute atomic E-state index is 0.0116. The third kappa shape index (κ3) is 6.33. The van der Waals surface area contributed by atoms with Gasteiger partial charge in [0.2, 0.25) is 11.8 Å². The van der Waals surface area contributed by atoms with Crippen LogP contribution in [0.1, 0.15) is 17.5 Å². The fourth-order valence-corrected chi connectivity index (χ4v) is 1.73. The predicted molar refractivity (Wildman–Crippen MR) is 77.4 cm³/mol. The van der Waals surface area contributed by atoms with E-state index in [1.54, 1.807) is 7.11 Å². The minimum Gasteiger partial charge on any atom is -0.385 e. The largest absolute Gasteiger partial charge is 0.385 e. The van der Waals surface area contributed by atoms with Gasteiger partial charge in [0.05, 0.1) is 13.0 Å². The number of ether oxygens (including phenoxy) is 1. The molecule has 0 radical (unpaired) electrons. The zero-order chi connectivity index (χ0) is 14.8. The second-order valence-corrected chi connectivity index (χ2v) is 4.58. The van der Waals surface area contributed by atoms with Crippen LogP contribution in [-0.2, 0) is 20.7 Å². The molecule has 0 unspecified atom stereocenters. The first-order valence-corrected chi connectivity index (χ1v) is 6.70. The Labute approximate surface area is 119 Å². The molecule has 20 heavy (non-hydrogen) atoms. The first kappa shape index (κ1) is 16.2. The van der Waals surface area contributed by atoms with Gasteiger partial charge in [-0.25, -0.2) is 0 Å². The maximum atomic E-state index is 11.7. The zero-order valence-corrected chi connectivity index (χ0v) is 12.1. The summed E-state index contributed by atoms with van der Waals surface area (Å²) in [6.07, 6.45) is 1.06. The lowest BCUT2D eigenvalue weighted by Gasteiger charge is -2.08. The maximum Gasteiger partial charge on any atom is 0.239 e. The van der Waals surface area contributed by atoms with Gasteiger partial charge in [0.25, 0.3) is 0 Å². The van der Waals surface area contributed by atoms with Crippen molar-refractivity contribution in [3.05, 3.63) is 35.4 Å². The number of carbonyl (C=O) groups excluding carboxylic acids is 2. The van der Waals surface area contributed by atoms with E-state index in [0.717, 1.165) is 17.5 Å². The summed E-state index contributed by atoms with van der Waals surface area (Å²) in [6.45, 7) is 3.14. The Morgan fingerprint density at radius 3 is 2.60 bits per heavy atom. The van der Waals surface area contributed by atoms with Gasteiger partial charge in [0.1, 0.15) is 0 Å². The Hall–Kier alpha value is -1.88. The average Bonchev–Trinajstić information content (AvgIpc) is 2.44. The number of benzene rings is 1. The summed E-state index contributed by atoms with van der Waals surface area (Å²) in [5.74, 6) is -0.328. The number of carbonyl (C=O) groups is 2. The molecule has 2 N–H and O–H groups in total. The summed E-state index contributed by atoms with van der Waals surface area (Å²) in [5.41, 5.74) is 2.05. The van der Waals surface area contributed by atoms with Gasteiger partial charge in [-0.1, -0.05) is 24.3 Å². The molecule has 5 nitrogen and oxygen atoms in total. The fourth-order valence-electron chi connectivity index (χ4n) is 1.73. The Balaban J connectivity index is 2.23. The van der Waals surface area contributed by atoms with Crippen molar-refractivity contribution in [1.29, 1.82) is 0 Å². The van der Waals surface area contributed by atoms with Crippen LogP contribution in [-0.4, -0.2) is 38.6 Å². The van der Waals surface area contributed by atoms with Crippen LogP contribution in [0, 0.1) is 6.92 Å². The molecule has 0 heterocycles. The SMILES string of the molecule is COCCCNC(=O)CNC(=O)Cc1ccccc1C.